The largest absolute Gasteiger partial charge is 0.453 e. The van der Waals surface area contributed by atoms with Crippen LogP contribution in [-0.2, 0) is 4.74 Å². The molecule has 1 aliphatic rings. The molecule has 2 aromatic rings. The summed E-state index contributed by atoms with van der Waals surface area (Å²) in [6.45, 7) is 7.52. The van der Waals surface area contributed by atoms with E-state index in [2.05, 4.69) is 0 Å². The summed E-state index contributed by atoms with van der Waals surface area (Å²) in [5, 5.41) is 0. The first-order valence-electron chi connectivity index (χ1n) is 8.85. The first kappa shape index (κ1) is 18.9. The van der Waals surface area contributed by atoms with Gasteiger partial charge in [0.15, 0.2) is 12.0 Å². The molecule has 0 aliphatic carbocycles. The van der Waals surface area contributed by atoms with Crippen molar-refractivity contribution in [3.05, 3.63) is 41.9 Å². The number of anilines is 1. The van der Waals surface area contributed by atoms with Crippen LogP contribution >= 0.6 is 0 Å². The lowest BCUT2D eigenvalue weighted by molar-refractivity contribution is 0.0240. The SMILES string of the molecule is CC(C)(C)OC(=O)N1CCN(c2cccc(F)c2-c2ccc(C=O)o2)CC1. The van der Waals surface area contributed by atoms with E-state index in [0.29, 0.717) is 49.5 Å². The number of piperazine rings is 1. The van der Waals surface area contributed by atoms with Crippen LogP contribution in [0.15, 0.2) is 34.7 Å². The molecule has 1 amide bonds. The van der Waals surface area contributed by atoms with Crippen molar-refractivity contribution in [2.75, 3.05) is 31.1 Å². The number of rotatable bonds is 3. The molecule has 1 aromatic carbocycles. The summed E-state index contributed by atoms with van der Waals surface area (Å²) in [6, 6.07) is 7.91. The smallest absolute Gasteiger partial charge is 0.410 e. The van der Waals surface area contributed by atoms with E-state index in [1.807, 2.05) is 31.7 Å². The fraction of sp³-hybridized carbons (Fsp3) is 0.400. The third-order valence-electron chi connectivity index (χ3n) is 4.25. The number of amides is 1. The van der Waals surface area contributed by atoms with Crippen molar-refractivity contribution in [3.8, 4) is 11.3 Å². The van der Waals surface area contributed by atoms with Crippen LogP contribution in [0.5, 0.6) is 0 Å². The number of hydrogen-bond acceptors (Lipinski definition) is 5. The Labute approximate surface area is 157 Å². The van der Waals surface area contributed by atoms with Gasteiger partial charge in [-0.3, -0.25) is 4.79 Å². The third kappa shape index (κ3) is 4.30. The number of nitrogens with zero attached hydrogens (tertiary/aromatic N) is 2. The topological polar surface area (TPSA) is 63.0 Å². The third-order valence-corrected chi connectivity index (χ3v) is 4.25. The van der Waals surface area contributed by atoms with Gasteiger partial charge in [-0.2, -0.15) is 0 Å². The van der Waals surface area contributed by atoms with E-state index in [1.54, 1.807) is 17.0 Å². The highest BCUT2D eigenvalue weighted by molar-refractivity contribution is 5.79. The molecule has 27 heavy (non-hydrogen) atoms. The van der Waals surface area contributed by atoms with Crippen molar-refractivity contribution in [2.24, 2.45) is 0 Å². The quantitative estimate of drug-likeness (QED) is 0.761. The van der Waals surface area contributed by atoms with Crippen LogP contribution in [0.4, 0.5) is 14.9 Å². The van der Waals surface area contributed by atoms with E-state index >= 15 is 0 Å². The van der Waals surface area contributed by atoms with E-state index in [0.717, 1.165) is 0 Å². The average molecular weight is 374 g/mol. The van der Waals surface area contributed by atoms with Gasteiger partial charge in [-0.25, -0.2) is 9.18 Å². The van der Waals surface area contributed by atoms with Crippen molar-refractivity contribution >= 4 is 18.1 Å². The fourth-order valence-electron chi connectivity index (χ4n) is 3.03. The van der Waals surface area contributed by atoms with Gasteiger partial charge < -0.3 is 19.0 Å². The number of benzene rings is 1. The van der Waals surface area contributed by atoms with Gasteiger partial charge in [-0.05, 0) is 45.0 Å². The van der Waals surface area contributed by atoms with Gasteiger partial charge in [0.05, 0.1) is 11.3 Å². The molecule has 6 nitrogen and oxygen atoms in total. The van der Waals surface area contributed by atoms with Gasteiger partial charge in [0.2, 0.25) is 0 Å². The molecule has 1 aromatic heterocycles. The molecule has 144 valence electrons. The minimum absolute atomic E-state index is 0.147. The molecule has 2 heterocycles. The molecule has 0 saturated carbocycles. The van der Waals surface area contributed by atoms with E-state index in [1.165, 1.54) is 12.1 Å². The van der Waals surface area contributed by atoms with Crippen molar-refractivity contribution in [1.82, 2.24) is 4.90 Å². The normalized spacial score (nSPS) is 15.0. The Morgan fingerprint density at radius 3 is 2.44 bits per heavy atom. The minimum atomic E-state index is -0.542. The minimum Gasteiger partial charge on any atom is -0.453 e. The lowest BCUT2D eigenvalue weighted by Crippen LogP contribution is -2.50. The highest BCUT2D eigenvalue weighted by atomic mass is 19.1. The molecule has 1 aliphatic heterocycles. The summed E-state index contributed by atoms with van der Waals surface area (Å²) >= 11 is 0. The first-order valence-corrected chi connectivity index (χ1v) is 8.85. The summed E-state index contributed by atoms with van der Waals surface area (Å²) in [5.74, 6) is 0.0302. The number of aldehydes is 1. The Bertz CT molecular complexity index is 833. The van der Waals surface area contributed by atoms with Crippen molar-refractivity contribution in [3.63, 3.8) is 0 Å². The Morgan fingerprint density at radius 1 is 1.15 bits per heavy atom. The Hall–Kier alpha value is -2.83. The summed E-state index contributed by atoms with van der Waals surface area (Å²) in [7, 11) is 0. The number of ether oxygens (including phenoxy) is 1. The summed E-state index contributed by atoms with van der Waals surface area (Å²) in [4.78, 5) is 26.7. The van der Waals surface area contributed by atoms with Crippen LogP contribution in [0, 0.1) is 5.82 Å². The molecule has 0 atom stereocenters. The van der Waals surface area contributed by atoms with E-state index in [-0.39, 0.29) is 11.9 Å². The lowest BCUT2D eigenvalue weighted by atomic mass is 10.1. The highest BCUT2D eigenvalue weighted by Gasteiger charge is 2.28. The van der Waals surface area contributed by atoms with E-state index in [4.69, 9.17) is 9.15 Å². The molecule has 0 bridgehead atoms. The van der Waals surface area contributed by atoms with Gasteiger partial charge in [0.25, 0.3) is 0 Å². The fourth-order valence-corrected chi connectivity index (χ4v) is 3.03. The average Bonchev–Trinajstić information content (AvgIpc) is 3.09. The summed E-state index contributed by atoms with van der Waals surface area (Å²) in [5.41, 5.74) is 0.446. The number of halogens is 1. The maximum absolute atomic E-state index is 14.5. The second-order valence-electron chi connectivity index (χ2n) is 7.41. The summed E-state index contributed by atoms with van der Waals surface area (Å²) in [6.07, 6.45) is 0.243. The zero-order chi connectivity index (χ0) is 19.6. The Morgan fingerprint density at radius 2 is 1.85 bits per heavy atom. The second kappa shape index (κ2) is 7.42. The Kier molecular flexibility index (Phi) is 5.21. The number of furan rings is 1. The highest BCUT2D eigenvalue weighted by Crippen LogP contribution is 2.35. The van der Waals surface area contributed by atoms with Gasteiger partial charge in [0, 0.05) is 26.2 Å². The molecule has 0 spiro atoms. The van der Waals surface area contributed by atoms with Gasteiger partial charge in [-0.1, -0.05) is 6.07 Å². The molecular weight excluding hydrogens is 351 g/mol. The first-order chi connectivity index (χ1) is 12.8. The van der Waals surface area contributed by atoms with Crippen LogP contribution < -0.4 is 4.90 Å². The van der Waals surface area contributed by atoms with Gasteiger partial charge in [0.1, 0.15) is 17.2 Å². The lowest BCUT2D eigenvalue weighted by Gasteiger charge is -2.37. The maximum atomic E-state index is 14.5. The van der Waals surface area contributed by atoms with Crippen LogP contribution in [0.2, 0.25) is 0 Å². The monoisotopic (exact) mass is 374 g/mol. The van der Waals surface area contributed by atoms with E-state index in [9.17, 15) is 14.0 Å². The molecule has 0 unspecified atom stereocenters. The predicted octanol–water partition coefficient (Wildman–Crippen LogP) is 3.96. The molecule has 1 fully saturated rings. The van der Waals surface area contributed by atoms with E-state index < -0.39 is 11.4 Å². The number of carbonyl (C=O) groups excluding carboxylic acids is 2. The van der Waals surface area contributed by atoms with Crippen LogP contribution in [-0.4, -0.2) is 49.1 Å². The zero-order valence-corrected chi connectivity index (χ0v) is 15.7. The Balaban J connectivity index is 1.78. The van der Waals surface area contributed by atoms with Crippen molar-refractivity contribution in [2.45, 2.75) is 26.4 Å². The van der Waals surface area contributed by atoms with Crippen molar-refractivity contribution < 1.29 is 23.1 Å². The van der Waals surface area contributed by atoms with Gasteiger partial charge >= 0.3 is 6.09 Å². The maximum Gasteiger partial charge on any atom is 0.410 e. The van der Waals surface area contributed by atoms with Crippen LogP contribution in [0.1, 0.15) is 31.3 Å². The molecule has 7 heteroatoms. The zero-order valence-electron chi connectivity index (χ0n) is 15.7. The molecular formula is C20H23FN2O4. The second-order valence-corrected chi connectivity index (χ2v) is 7.41. The molecule has 0 radical (unpaired) electrons. The van der Waals surface area contributed by atoms with Crippen LogP contribution in [0.25, 0.3) is 11.3 Å². The standard InChI is InChI=1S/C20H23FN2O4/c1-20(2,3)27-19(25)23-11-9-22(10-12-23)16-6-4-5-15(21)18(16)17-8-7-14(13-24)26-17/h4-8,13H,9-12H2,1-3H3. The summed E-state index contributed by atoms with van der Waals surface area (Å²) < 4.78 is 25.4. The molecule has 1 saturated heterocycles. The van der Waals surface area contributed by atoms with Crippen molar-refractivity contribution in [1.29, 1.82) is 0 Å². The molecule has 0 N–H and O–H groups in total. The predicted molar refractivity (Wildman–Crippen MR) is 99.5 cm³/mol. The van der Waals surface area contributed by atoms with Gasteiger partial charge in [-0.15, -0.1) is 0 Å². The number of carbonyl (C=O) groups is 2. The number of hydrogen-bond donors (Lipinski definition) is 0. The van der Waals surface area contributed by atoms with Crippen LogP contribution in [0.3, 0.4) is 0 Å². The molecule has 3 rings (SSSR count).